The Kier molecular flexibility index (Phi) is 23.7. The summed E-state index contributed by atoms with van der Waals surface area (Å²) in [4.78, 5) is 42.1. The van der Waals surface area contributed by atoms with E-state index in [2.05, 4.69) is 160 Å². The Hall–Kier alpha value is -4.87. The molecular formula is C66H84BiN3O6S2. The summed E-state index contributed by atoms with van der Waals surface area (Å²) in [7, 11) is 0. The van der Waals surface area contributed by atoms with Crippen molar-refractivity contribution in [3.8, 4) is 0 Å². The van der Waals surface area contributed by atoms with Gasteiger partial charge in [-0.25, -0.2) is 9.59 Å². The summed E-state index contributed by atoms with van der Waals surface area (Å²) in [5.41, 5.74) is 1.17. The van der Waals surface area contributed by atoms with Gasteiger partial charge in [-0.3, -0.25) is 4.79 Å². The van der Waals surface area contributed by atoms with E-state index in [1.807, 2.05) is 39.0 Å². The van der Waals surface area contributed by atoms with Crippen LogP contribution < -0.4 is 24.9 Å². The molecule has 3 aliphatic carbocycles. The summed E-state index contributed by atoms with van der Waals surface area (Å²) >= 11 is 1.45. The van der Waals surface area contributed by atoms with Crippen molar-refractivity contribution in [2.75, 3.05) is 29.6 Å². The van der Waals surface area contributed by atoms with Gasteiger partial charge in [0, 0.05) is 28.7 Å². The van der Waals surface area contributed by atoms with Crippen molar-refractivity contribution in [3.63, 3.8) is 0 Å². The number of benzene rings is 4. The number of rotatable bonds is 11. The molecule has 6 aliphatic rings. The number of nitrogens with zero attached hydrogens (tertiary/aromatic N) is 2. The number of nitrogens with one attached hydrogen (secondary N) is 1. The second-order valence-corrected chi connectivity index (χ2v) is 32.0. The Labute approximate surface area is 482 Å². The average molecular weight is 1290 g/mol. The summed E-state index contributed by atoms with van der Waals surface area (Å²) in [5.74, 6) is 1.90. The van der Waals surface area contributed by atoms with Crippen molar-refractivity contribution in [2.24, 2.45) is 17.8 Å². The van der Waals surface area contributed by atoms with Crippen LogP contribution in [0.3, 0.4) is 0 Å². The number of anilines is 2. The van der Waals surface area contributed by atoms with E-state index < -0.39 is 21.8 Å². The number of carbonyl (C=O) groups is 3. The van der Waals surface area contributed by atoms with E-state index in [9.17, 15) is 14.4 Å². The van der Waals surface area contributed by atoms with Crippen LogP contribution in [0.2, 0.25) is 0 Å². The fourth-order valence-electron chi connectivity index (χ4n) is 12.8. The monoisotopic (exact) mass is 1290 g/mol. The summed E-state index contributed by atoms with van der Waals surface area (Å²) in [6, 6.07) is 53.1. The van der Waals surface area contributed by atoms with E-state index in [0.29, 0.717) is 49.8 Å². The van der Waals surface area contributed by atoms with Gasteiger partial charge in [-0.2, -0.15) is 0 Å². The molecular weight excluding hydrogens is 1200 g/mol. The summed E-state index contributed by atoms with van der Waals surface area (Å²) in [6.07, 6.45) is 18.2. The molecule has 6 fully saturated rings. The molecule has 9 atom stereocenters. The van der Waals surface area contributed by atoms with E-state index in [0.717, 1.165) is 25.2 Å². The second kappa shape index (κ2) is 31.2. The molecule has 78 heavy (non-hydrogen) atoms. The molecule has 1 N–H and O–H groups in total. The molecule has 0 spiro atoms. The van der Waals surface area contributed by atoms with Gasteiger partial charge in [0.1, 0.15) is 18.1 Å². The van der Waals surface area contributed by atoms with Gasteiger partial charge in [0.25, 0.3) is 0 Å². The van der Waals surface area contributed by atoms with Crippen LogP contribution >= 0.6 is 22.7 Å². The summed E-state index contributed by atoms with van der Waals surface area (Å²) in [6.45, 7) is 9.16. The SMILES string of the molecule is CCOC(=O)[C@@H]1C[C@@H]2CCCC[C@@H]2N1.CCOC(=O)[C@@H]1C[C@@H]2CCCC[C@@H]2N1c1ccccc1.CCOC(=O)[C@@H]1C[C@@H]2CCCC[C@@H]2N1c1cccs1.Cc1cccs1.c1cc[c]([Bi]([c]2ccccc2)[c]2ccccc2)cc1. The van der Waals surface area contributed by atoms with E-state index in [4.69, 9.17) is 14.2 Å². The molecule has 0 bridgehead atoms. The zero-order valence-electron chi connectivity index (χ0n) is 46.5. The van der Waals surface area contributed by atoms with E-state index in [1.54, 1.807) is 22.7 Å². The standard InChI is InChI=1S/C17H23NO2.C15H21NO2S.C11H19NO2.3C6H5.C5H6S.Bi/c1-2-20-17(19)16-12-13-8-6-7-11-15(13)18(16)14-9-4-3-5-10-14;1-2-18-15(17)13-10-11-6-3-4-7-12(11)16(13)14-8-5-9-19-14;1-2-14-11(13)10-7-8-5-3-4-6-9(8)12-10;3*1-2-4-6-5-3-1;1-5-3-2-4-6-5;/h3-5,9-10,13,15-16H,2,6-8,11-12H2,1H3;5,8-9,11-13H,2-4,6-7,10H2,1H3;8-10,12H,2-7H2,1H3;3*1-5H;2-4H,1H3;/t13-,15-,16-;11-,12-,13-;8-,9-,10-;;;;;/m000...../s1. The molecule has 6 aromatic rings. The van der Waals surface area contributed by atoms with E-state index in [1.165, 1.54) is 102 Å². The molecule has 5 heterocycles. The fourth-order valence-corrected chi connectivity index (χ4v) is 23.1. The molecule has 2 aromatic heterocycles. The predicted octanol–water partition coefficient (Wildman–Crippen LogP) is 12.6. The first-order chi connectivity index (χ1) is 38.3. The van der Waals surface area contributed by atoms with Gasteiger partial charge < -0.3 is 29.3 Å². The van der Waals surface area contributed by atoms with Crippen molar-refractivity contribution >= 4 is 82.8 Å². The van der Waals surface area contributed by atoms with Gasteiger partial charge in [0.05, 0.1) is 24.8 Å². The number of fused-ring (bicyclic) bond motifs is 3. The molecule has 12 rings (SSSR count). The Morgan fingerprint density at radius 1 is 0.487 bits per heavy atom. The molecule has 3 aliphatic heterocycles. The van der Waals surface area contributed by atoms with Gasteiger partial charge >= 0.3 is 140 Å². The van der Waals surface area contributed by atoms with Crippen molar-refractivity contribution in [1.82, 2.24) is 5.32 Å². The third kappa shape index (κ3) is 16.2. The van der Waals surface area contributed by atoms with Crippen LogP contribution in [-0.2, 0) is 28.6 Å². The van der Waals surface area contributed by atoms with Crippen molar-refractivity contribution in [2.45, 2.75) is 160 Å². The van der Waals surface area contributed by atoms with Crippen LogP contribution in [0.1, 0.15) is 122 Å². The number of carbonyl (C=O) groups excluding carboxylic acids is 3. The minimum atomic E-state index is -2.06. The minimum absolute atomic E-state index is 0.0250. The molecule has 12 heteroatoms. The topological polar surface area (TPSA) is 97.4 Å². The number of ether oxygens (including phenoxy) is 3. The zero-order chi connectivity index (χ0) is 54.5. The van der Waals surface area contributed by atoms with Crippen molar-refractivity contribution in [1.29, 1.82) is 0 Å². The van der Waals surface area contributed by atoms with E-state index >= 15 is 0 Å². The quantitative estimate of drug-likeness (QED) is 0.0773. The molecule has 3 saturated heterocycles. The average Bonchev–Trinajstić information content (AvgIpc) is 4.43. The van der Waals surface area contributed by atoms with Crippen LogP contribution in [0.5, 0.6) is 0 Å². The van der Waals surface area contributed by atoms with Crippen LogP contribution in [0.4, 0.5) is 10.7 Å². The Balaban J connectivity index is 0.000000133. The van der Waals surface area contributed by atoms with Crippen molar-refractivity contribution < 1.29 is 28.6 Å². The third-order valence-electron chi connectivity index (χ3n) is 16.2. The molecule has 4 aromatic carbocycles. The number of hydrogen-bond acceptors (Lipinski definition) is 11. The molecule has 0 amide bonds. The van der Waals surface area contributed by atoms with Crippen LogP contribution in [0, 0.1) is 24.7 Å². The molecule has 3 saturated carbocycles. The molecule has 0 unspecified atom stereocenters. The molecule has 9 nitrogen and oxygen atoms in total. The maximum atomic E-state index is 12.3. The van der Waals surface area contributed by atoms with Crippen LogP contribution in [0.25, 0.3) is 0 Å². The first-order valence-electron chi connectivity index (χ1n) is 29.1. The van der Waals surface area contributed by atoms with E-state index in [-0.39, 0.29) is 36.0 Å². The number of hydrogen-bond donors (Lipinski definition) is 1. The molecule has 416 valence electrons. The third-order valence-corrected chi connectivity index (χ3v) is 27.4. The number of aryl methyl sites for hydroxylation is 1. The Morgan fingerprint density at radius 2 is 0.923 bits per heavy atom. The number of esters is 3. The number of thiophene rings is 2. The first-order valence-corrected chi connectivity index (χ1v) is 36.1. The van der Waals surface area contributed by atoms with Crippen LogP contribution in [-0.4, -0.2) is 95.7 Å². The van der Waals surface area contributed by atoms with Gasteiger partial charge in [-0.1, -0.05) is 62.8 Å². The van der Waals surface area contributed by atoms with Gasteiger partial charge in [-0.05, 0) is 144 Å². The van der Waals surface area contributed by atoms with Gasteiger partial charge in [0.15, 0.2) is 0 Å². The Bertz CT molecular complexity index is 2540. The first kappa shape index (κ1) is 59.3. The fraction of sp³-hybridized carbons (Fsp3) is 0.470. The second-order valence-electron chi connectivity index (χ2n) is 21.3. The zero-order valence-corrected chi connectivity index (χ0v) is 51.7. The Morgan fingerprint density at radius 3 is 1.37 bits per heavy atom. The number of para-hydroxylation sites is 1. The van der Waals surface area contributed by atoms with Gasteiger partial charge in [0.2, 0.25) is 0 Å². The predicted molar refractivity (Wildman–Crippen MR) is 324 cm³/mol. The van der Waals surface area contributed by atoms with Crippen LogP contribution in [0.15, 0.2) is 156 Å². The summed E-state index contributed by atoms with van der Waals surface area (Å²) in [5, 5.41) is 8.80. The van der Waals surface area contributed by atoms with Crippen molar-refractivity contribution in [3.05, 3.63) is 161 Å². The normalized spacial score (nSPS) is 24.6. The molecule has 0 radical (unpaired) electrons. The summed E-state index contributed by atoms with van der Waals surface area (Å²) < 4.78 is 20.2. The van der Waals surface area contributed by atoms with Gasteiger partial charge in [-0.15, -0.1) is 22.7 Å². The maximum absolute atomic E-state index is 12.3.